The van der Waals surface area contributed by atoms with Crippen LogP contribution in [0.3, 0.4) is 0 Å². The van der Waals surface area contributed by atoms with Gasteiger partial charge in [0.1, 0.15) is 5.82 Å². The van der Waals surface area contributed by atoms with Crippen molar-refractivity contribution in [2.75, 3.05) is 0 Å². The second-order valence-corrected chi connectivity index (χ2v) is 4.99. The van der Waals surface area contributed by atoms with Crippen LogP contribution < -0.4 is 5.73 Å². The lowest BCUT2D eigenvalue weighted by molar-refractivity contribution is 0.555. The molecule has 1 aromatic heterocycles. The average Bonchev–Trinajstić information content (AvgIpc) is 2.78. The summed E-state index contributed by atoms with van der Waals surface area (Å²) >= 11 is 0. The maximum Gasteiger partial charge on any atom is 0.150 e. The molecule has 0 saturated carbocycles. The Morgan fingerprint density at radius 1 is 1.33 bits per heavy atom. The van der Waals surface area contributed by atoms with Gasteiger partial charge in [-0.3, -0.25) is 0 Å². The van der Waals surface area contributed by atoms with Crippen molar-refractivity contribution in [3.63, 3.8) is 0 Å². The van der Waals surface area contributed by atoms with Gasteiger partial charge in [0.15, 0.2) is 0 Å². The van der Waals surface area contributed by atoms with E-state index >= 15 is 0 Å². The molecular weight excluding hydrogens is 227 g/mol. The fourth-order valence-electron chi connectivity index (χ4n) is 2.77. The maximum absolute atomic E-state index is 14.2. The second kappa shape index (κ2) is 4.25. The lowest BCUT2D eigenvalue weighted by Gasteiger charge is -2.21. The zero-order chi connectivity index (χ0) is 12.7. The van der Waals surface area contributed by atoms with Crippen LogP contribution in [0.2, 0.25) is 0 Å². The van der Waals surface area contributed by atoms with Gasteiger partial charge in [0.25, 0.3) is 0 Å². The monoisotopic (exact) mass is 244 g/mol. The molecule has 18 heavy (non-hydrogen) atoms. The number of rotatable bonds is 1. The van der Waals surface area contributed by atoms with Crippen molar-refractivity contribution in [2.24, 2.45) is 5.73 Å². The minimum absolute atomic E-state index is 0.0999. The highest BCUT2D eigenvalue weighted by atomic mass is 19.1. The van der Waals surface area contributed by atoms with E-state index in [1.165, 1.54) is 11.3 Å². The van der Waals surface area contributed by atoms with E-state index < -0.39 is 0 Å². The molecule has 1 aliphatic rings. The first-order chi connectivity index (χ1) is 8.68. The van der Waals surface area contributed by atoms with Gasteiger partial charge in [-0.2, -0.15) is 0 Å². The smallest absolute Gasteiger partial charge is 0.150 e. The minimum Gasteiger partial charge on any atom is -0.324 e. The highest BCUT2D eigenvalue weighted by Gasteiger charge is 2.21. The van der Waals surface area contributed by atoms with Crippen molar-refractivity contribution in [1.82, 2.24) is 4.57 Å². The average molecular weight is 244 g/mol. The second-order valence-electron chi connectivity index (χ2n) is 4.99. The SMILES string of the molecule is Cc1cccc(-n2ccc3c2CCCC3N)c1F. The van der Waals surface area contributed by atoms with Crippen LogP contribution in [0.5, 0.6) is 0 Å². The summed E-state index contributed by atoms with van der Waals surface area (Å²) in [5.41, 5.74) is 9.74. The van der Waals surface area contributed by atoms with Gasteiger partial charge in [-0.1, -0.05) is 12.1 Å². The summed E-state index contributed by atoms with van der Waals surface area (Å²) in [4.78, 5) is 0. The Morgan fingerprint density at radius 2 is 2.17 bits per heavy atom. The fraction of sp³-hybridized carbons (Fsp3) is 0.333. The predicted molar refractivity (Wildman–Crippen MR) is 70.3 cm³/mol. The topological polar surface area (TPSA) is 30.9 Å². The van der Waals surface area contributed by atoms with Crippen LogP contribution in [0.1, 0.15) is 35.7 Å². The molecular formula is C15H17FN2. The first-order valence-electron chi connectivity index (χ1n) is 6.39. The van der Waals surface area contributed by atoms with Crippen molar-refractivity contribution >= 4 is 0 Å². The molecule has 0 fully saturated rings. The van der Waals surface area contributed by atoms with E-state index in [9.17, 15) is 4.39 Å². The number of aromatic nitrogens is 1. The number of halogens is 1. The number of aryl methyl sites for hydroxylation is 1. The number of fused-ring (bicyclic) bond motifs is 1. The molecule has 0 radical (unpaired) electrons. The molecule has 1 aliphatic carbocycles. The van der Waals surface area contributed by atoms with Gasteiger partial charge in [-0.25, -0.2) is 4.39 Å². The molecule has 2 N–H and O–H groups in total. The Morgan fingerprint density at radius 3 is 3.00 bits per heavy atom. The number of hydrogen-bond donors (Lipinski definition) is 1. The Bertz CT molecular complexity index is 586. The maximum atomic E-state index is 14.2. The summed E-state index contributed by atoms with van der Waals surface area (Å²) in [6.45, 7) is 1.79. The van der Waals surface area contributed by atoms with Crippen LogP contribution >= 0.6 is 0 Å². The lowest BCUT2D eigenvalue weighted by atomic mass is 9.93. The number of benzene rings is 1. The zero-order valence-electron chi connectivity index (χ0n) is 10.5. The summed E-state index contributed by atoms with van der Waals surface area (Å²) < 4.78 is 16.1. The molecule has 1 unspecified atom stereocenters. The number of hydrogen-bond acceptors (Lipinski definition) is 1. The highest BCUT2D eigenvalue weighted by molar-refractivity contribution is 5.43. The van der Waals surface area contributed by atoms with Gasteiger partial charge in [0.05, 0.1) is 5.69 Å². The van der Waals surface area contributed by atoms with E-state index in [4.69, 9.17) is 5.73 Å². The van der Waals surface area contributed by atoms with Gasteiger partial charge in [-0.05, 0) is 49.4 Å². The van der Waals surface area contributed by atoms with E-state index in [0.29, 0.717) is 11.3 Å². The first kappa shape index (κ1) is 11.5. The molecule has 1 atom stereocenters. The molecule has 3 heteroatoms. The number of nitrogens with zero attached hydrogens (tertiary/aromatic N) is 1. The van der Waals surface area contributed by atoms with Crippen LogP contribution in [0.4, 0.5) is 4.39 Å². The Kier molecular flexibility index (Phi) is 2.71. The summed E-state index contributed by atoms with van der Waals surface area (Å²) in [5, 5.41) is 0. The summed E-state index contributed by atoms with van der Waals surface area (Å²) in [7, 11) is 0. The van der Waals surface area contributed by atoms with E-state index in [-0.39, 0.29) is 11.9 Å². The van der Waals surface area contributed by atoms with Gasteiger partial charge in [-0.15, -0.1) is 0 Å². The molecule has 0 amide bonds. The largest absolute Gasteiger partial charge is 0.324 e. The predicted octanol–water partition coefficient (Wildman–Crippen LogP) is 3.26. The third-order valence-electron chi connectivity index (χ3n) is 3.79. The van der Waals surface area contributed by atoms with Gasteiger partial charge >= 0.3 is 0 Å². The molecule has 3 rings (SSSR count). The van der Waals surface area contributed by atoms with Crippen molar-refractivity contribution in [1.29, 1.82) is 0 Å². The van der Waals surface area contributed by atoms with E-state index in [2.05, 4.69) is 0 Å². The van der Waals surface area contributed by atoms with Gasteiger partial charge in [0, 0.05) is 17.9 Å². The zero-order valence-corrected chi connectivity index (χ0v) is 10.5. The molecule has 0 aliphatic heterocycles. The Balaban J connectivity index is 2.16. The normalized spacial score (nSPS) is 18.7. The molecule has 0 bridgehead atoms. The van der Waals surface area contributed by atoms with Crippen LogP contribution in [0.15, 0.2) is 30.5 Å². The van der Waals surface area contributed by atoms with E-state index in [0.717, 1.165) is 19.3 Å². The van der Waals surface area contributed by atoms with Gasteiger partial charge in [0.2, 0.25) is 0 Å². The van der Waals surface area contributed by atoms with Crippen LogP contribution in [-0.4, -0.2) is 4.57 Å². The van der Waals surface area contributed by atoms with E-state index in [1.807, 2.05) is 29.0 Å². The first-order valence-corrected chi connectivity index (χ1v) is 6.39. The quantitative estimate of drug-likeness (QED) is 0.820. The lowest BCUT2D eigenvalue weighted by Crippen LogP contribution is -2.18. The van der Waals surface area contributed by atoms with Crippen LogP contribution in [0, 0.1) is 12.7 Å². The van der Waals surface area contributed by atoms with Gasteiger partial charge < -0.3 is 10.3 Å². The standard InChI is InChI=1S/C15H17FN2/c1-10-4-2-7-14(15(10)16)18-9-8-11-12(17)5-3-6-13(11)18/h2,4,7-9,12H,3,5-6,17H2,1H3. The highest BCUT2D eigenvalue weighted by Crippen LogP contribution is 2.31. The van der Waals surface area contributed by atoms with Crippen molar-refractivity contribution in [3.05, 3.63) is 53.1 Å². The molecule has 2 aromatic rings. The minimum atomic E-state index is -0.143. The van der Waals surface area contributed by atoms with Crippen molar-refractivity contribution in [2.45, 2.75) is 32.2 Å². The Labute approximate surface area is 106 Å². The third-order valence-corrected chi connectivity index (χ3v) is 3.79. The summed E-state index contributed by atoms with van der Waals surface area (Å²) in [6.07, 6.45) is 5.01. The fourth-order valence-corrected chi connectivity index (χ4v) is 2.77. The molecule has 0 spiro atoms. The molecule has 0 saturated heterocycles. The number of nitrogens with two attached hydrogens (primary N) is 1. The molecule has 1 heterocycles. The van der Waals surface area contributed by atoms with Crippen molar-refractivity contribution < 1.29 is 4.39 Å². The molecule has 2 nitrogen and oxygen atoms in total. The van der Waals surface area contributed by atoms with Crippen molar-refractivity contribution in [3.8, 4) is 5.69 Å². The van der Waals surface area contributed by atoms with E-state index in [1.54, 1.807) is 13.0 Å². The summed E-state index contributed by atoms with van der Waals surface area (Å²) in [5.74, 6) is -0.143. The van der Waals surface area contributed by atoms with Crippen LogP contribution in [0.25, 0.3) is 5.69 Å². The third kappa shape index (κ3) is 1.66. The summed E-state index contributed by atoms with van der Waals surface area (Å²) in [6, 6.07) is 7.63. The molecule has 1 aromatic carbocycles. The van der Waals surface area contributed by atoms with Crippen LogP contribution in [-0.2, 0) is 6.42 Å². The Hall–Kier alpha value is -1.61. The molecule has 94 valence electrons.